The summed E-state index contributed by atoms with van der Waals surface area (Å²) in [7, 11) is 3.36. The van der Waals surface area contributed by atoms with Gasteiger partial charge >= 0.3 is 5.97 Å². The summed E-state index contributed by atoms with van der Waals surface area (Å²) in [6.07, 6.45) is 2.17. The molecule has 5 N–H and O–H groups in total. The number of hydrogen-bond acceptors (Lipinski definition) is 9. The predicted molar refractivity (Wildman–Crippen MR) is 119 cm³/mol. The number of quaternary nitrogens is 1. The lowest BCUT2D eigenvalue weighted by Crippen LogP contribution is -3.09. The van der Waals surface area contributed by atoms with E-state index >= 15 is 0 Å². The molecule has 31 heavy (non-hydrogen) atoms. The van der Waals surface area contributed by atoms with Crippen molar-refractivity contribution in [3.8, 4) is 0 Å². The smallest absolute Gasteiger partial charge is 0.355 e. The molecule has 168 valence electrons. The van der Waals surface area contributed by atoms with E-state index in [-0.39, 0.29) is 28.1 Å². The van der Waals surface area contributed by atoms with E-state index in [2.05, 4.69) is 24.3 Å². The first-order valence-electron chi connectivity index (χ1n) is 9.95. The number of ether oxygens (including phenoxy) is 1. The Bertz CT molecular complexity index is 930. The van der Waals surface area contributed by atoms with Crippen molar-refractivity contribution in [1.82, 2.24) is 15.2 Å². The van der Waals surface area contributed by atoms with Crippen LogP contribution >= 0.6 is 23.1 Å². The number of methoxy groups -OCH3 is 1. The molecule has 10 nitrogen and oxygen atoms in total. The fourth-order valence-electron chi connectivity index (χ4n) is 3.57. The zero-order valence-electron chi connectivity index (χ0n) is 17.7. The molecule has 1 aromatic heterocycles. The van der Waals surface area contributed by atoms with Gasteiger partial charge in [-0.25, -0.2) is 9.78 Å². The summed E-state index contributed by atoms with van der Waals surface area (Å²) >= 11 is 2.62. The monoisotopic (exact) mass is 467 g/mol. The number of amides is 2. The third-order valence-electron chi connectivity index (χ3n) is 5.19. The maximum absolute atomic E-state index is 12.9. The average molecular weight is 468 g/mol. The van der Waals surface area contributed by atoms with E-state index in [4.69, 9.17) is 15.9 Å². The van der Waals surface area contributed by atoms with E-state index < -0.39 is 23.3 Å². The second kappa shape index (κ2) is 9.79. The Morgan fingerprint density at radius 1 is 1.48 bits per heavy atom. The zero-order valence-corrected chi connectivity index (χ0v) is 19.3. The quantitative estimate of drug-likeness (QED) is 0.212. The molecule has 2 amide bonds. The van der Waals surface area contributed by atoms with Crippen LogP contribution in [0.3, 0.4) is 0 Å². The molecule has 2 unspecified atom stereocenters. The Morgan fingerprint density at radius 3 is 2.84 bits per heavy atom. The number of rotatable bonds is 9. The number of aromatic nitrogens is 1. The van der Waals surface area contributed by atoms with Gasteiger partial charge in [-0.15, -0.1) is 23.1 Å². The fourth-order valence-corrected chi connectivity index (χ4v) is 5.47. The fraction of sp³-hybridized carbons (Fsp3) is 0.526. The van der Waals surface area contributed by atoms with Crippen LogP contribution in [0.5, 0.6) is 0 Å². The number of nitrogens with one attached hydrogen (secondary N) is 3. The van der Waals surface area contributed by atoms with Crippen molar-refractivity contribution in [2.45, 2.75) is 31.2 Å². The summed E-state index contributed by atoms with van der Waals surface area (Å²) in [5, 5.41) is 12.0. The van der Waals surface area contributed by atoms with Gasteiger partial charge in [0.05, 0.1) is 20.7 Å². The number of esters is 1. The highest BCUT2D eigenvalue weighted by Crippen LogP contribution is 2.40. The van der Waals surface area contributed by atoms with Crippen molar-refractivity contribution in [1.29, 1.82) is 5.41 Å². The minimum absolute atomic E-state index is 0.162. The van der Waals surface area contributed by atoms with Crippen LogP contribution in [0.25, 0.3) is 0 Å². The van der Waals surface area contributed by atoms with E-state index in [9.17, 15) is 14.4 Å². The van der Waals surface area contributed by atoms with Crippen LogP contribution in [-0.2, 0) is 19.1 Å². The highest BCUT2D eigenvalue weighted by Gasteiger charge is 2.54. The Hall–Kier alpha value is -2.44. The number of β-lactam (4-membered cyclic amide) rings is 1. The van der Waals surface area contributed by atoms with Gasteiger partial charge in [0, 0.05) is 16.7 Å². The van der Waals surface area contributed by atoms with Crippen molar-refractivity contribution >= 4 is 51.7 Å². The van der Waals surface area contributed by atoms with Crippen molar-refractivity contribution in [2.24, 2.45) is 0 Å². The van der Waals surface area contributed by atoms with Gasteiger partial charge in [-0.3, -0.25) is 19.9 Å². The number of fused-ring (bicyclic) bond motifs is 1. The van der Waals surface area contributed by atoms with Gasteiger partial charge in [0.1, 0.15) is 35.1 Å². The van der Waals surface area contributed by atoms with Crippen molar-refractivity contribution < 1.29 is 24.0 Å². The van der Waals surface area contributed by atoms with Crippen molar-refractivity contribution in [3.63, 3.8) is 0 Å². The lowest BCUT2D eigenvalue weighted by Gasteiger charge is -2.49. The van der Waals surface area contributed by atoms with Crippen LogP contribution in [0.1, 0.15) is 25.5 Å². The number of hydrogen-bond donors (Lipinski definition) is 4. The molecule has 0 radical (unpaired) electrons. The Labute approximate surface area is 188 Å². The second-order valence-corrected chi connectivity index (χ2v) is 9.48. The van der Waals surface area contributed by atoms with E-state index in [0.717, 1.165) is 36.3 Å². The maximum atomic E-state index is 12.9. The molecule has 12 heteroatoms. The van der Waals surface area contributed by atoms with Crippen LogP contribution in [0.2, 0.25) is 0 Å². The summed E-state index contributed by atoms with van der Waals surface area (Å²) in [5.41, 5.74) is 6.51. The summed E-state index contributed by atoms with van der Waals surface area (Å²) < 4.78 is 4.95. The first-order valence-corrected chi connectivity index (χ1v) is 11.9. The number of thioether (sulfide) groups is 1. The van der Waals surface area contributed by atoms with E-state index in [1.807, 2.05) is 0 Å². The highest BCUT2D eigenvalue weighted by molar-refractivity contribution is 8.00. The molecule has 3 atom stereocenters. The maximum Gasteiger partial charge on any atom is 0.355 e. The molecule has 1 aromatic rings. The van der Waals surface area contributed by atoms with Crippen LogP contribution in [0.15, 0.2) is 16.7 Å². The van der Waals surface area contributed by atoms with Crippen LogP contribution < -0.4 is 16.0 Å². The van der Waals surface area contributed by atoms with Crippen molar-refractivity contribution in [3.05, 3.63) is 22.3 Å². The van der Waals surface area contributed by atoms with Gasteiger partial charge < -0.3 is 20.7 Å². The number of nitrogen functional groups attached to an aromatic ring is 1. The van der Waals surface area contributed by atoms with Crippen LogP contribution in [0, 0.1) is 5.41 Å². The molecule has 3 rings (SSSR count). The lowest BCUT2D eigenvalue weighted by molar-refractivity contribution is -0.874. The molecule has 2 aliphatic rings. The van der Waals surface area contributed by atoms with Gasteiger partial charge in [0.2, 0.25) is 0 Å². The Balaban J connectivity index is 1.73. The predicted octanol–water partition coefficient (Wildman–Crippen LogP) is -0.765. The molecule has 0 saturated carbocycles. The first kappa shape index (κ1) is 23.2. The number of anilines is 1. The summed E-state index contributed by atoms with van der Waals surface area (Å²) in [5.74, 6) is -1.08. The molecule has 0 aliphatic carbocycles. The number of nitrogens with zero attached hydrogens (tertiary/aromatic N) is 2. The third-order valence-corrected chi connectivity index (χ3v) is 7.20. The van der Waals surface area contributed by atoms with Gasteiger partial charge in [-0.2, -0.15) is 0 Å². The number of unbranched alkanes of at least 4 members (excludes halogenated alkanes) is 1. The largest absolute Gasteiger partial charge is 0.464 e. The van der Waals surface area contributed by atoms with E-state index in [0.29, 0.717) is 12.3 Å². The number of likely N-dealkylation sites (N-methyl/N-ethyl adjacent to an activating group) is 1. The first-order chi connectivity index (χ1) is 14.8. The van der Waals surface area contributed by atoms with E-state index in [1.54, 1.807) is 0 Å². The van der Waals surface area contributed by atoms with Crippen LogP contribution in [-0.4, -0.2) is 77.8 Å². The molecule has 0 bridgehead atoms. The second-order valence-electron chi connectivity index (χ2n) is 7.49. The van der Waals surface area contributed by atoms with Gasteiger partial charge in [-0.05, 0) is 6.42 Å². The summed E-state index contributed by atoms with van der Waals surface area (Å²) in [6, 6.07) is -0.819. The van der Waals surface area contributed by atoms with Gasteiger partial charge in [0.15, 0.2) is 5.13 Å². The Morgan fingerprint density at radius 2 is 2.23 bits per heavy atom. The highest BCUT2D eigenvalue weighted by atomic mass is 32.2. The number of nitrogens with two attached hydrogens (primary N) is 1. The third kappa shape index (κ3) is 4.75. The number of carbonyl (C=O) groups is 3. The zero-order chi connectivity index (χ0) is 22.7. The molecule has 0 spiro atoms. The van der Waals surface area contributed by atoms with Crippen molar-refractivity contribution in [2.75, 3.05) is 38.7 Å². The number of carbonyl (C=O) groups excluding carboxylic acids is 3. The standard InChI is InChI=1S/C19H26N6O4S2/c1-4-5-6-24(2)7-10-8-30-17-13(16(27)25(17)14(10)18(28)29-3)23-15(26)12(20)11-9-31-19(21)22-11/h9,13,17,20H,4-8H2,1-3H3,(H2,21,22)(H,23,26)/p+1/t13?,17-/m1/s1. The van der Waals surface area contributed by atoms with Crippen LogP contribution in [0.4, 0.5) is 5.13 Å². The topological polar surface area (TPSA) is 143 Å². The molecular formula is C19H27N6O4S2+. The van der Waals surface area contributed by atoms with Gasteiger partial charge in [0.25, 0.3) is 11.8 Å². The Kier molecular flexibility index (Phi) is 7.34. The molecule has 1 fully saturated rings. The lowest BCUT2D eigenvalue weighted by atomic mass is 10.0. The average Bonchev–Trinajstić information content (AvgIpc) is 3.20. The normalized spacial score (nSPS) is 21.3. The molecular weight excluding hydrogens is 440 g/mol. The van der Waals surface area contributed by atoms with Gasteiger partial charge in [-0.1, -0.05) is 13.3 Å². The summed E-state index contributed by atoms with van der Waals surface area (Å²) in [6.45, 7) is 3.74. The molecule has 3 heterocycles. The molecule has 0 aromatic carbocycles. The minimum Gasteiger partial charge on any atom is -0.464 e. The summed E-state index contributed by atoms with van der Waals surface area (Å²) in [4.78, 5) is 44.4. The number of thiazole rings is 1. The minimum atomic E-state index is -0.819. The molecule has 1 saturated heterocycles. The molecule has 2 aliphatic heterocycles. The SMILES string of the molecule is CCCC[NH+](C)CC1=C(C(=O)OC)N2C(=O)C(NC(=O)C(=N)c3csc(N)n3)[C@H]2SC1. The van der Waals surface area contributed by atoms with E-state index in [1.165, 1.54) is 34.1 Å².